The lowest BCUT2D eigenvalue weighted by molar-refractivity contribution is 0.0688. The molecule has 4 nitrogen and oxygen atoms in total. The molecule has 5 heteroatoms. The minimum absolute atomic E-state index is 0.143. The molecule has 2 aromatic rings. The third-order valence-electron chi connectivity index (χ3n) is 2.67. The standard InChI is InChI=1S/C12H13ClN2O2/c1-6(2)11-9-4-8(13)5-10(12(16)17)15(9)7(3)14-11/h4-6H,1-3H3,(H,16,17). The molecule has 1 N–H and O–H groups in total. The molecule has 0 saturated heterocycles. The summed E-state index contributed by atoms with van der Waals surface area (Å²) in [6, 6.07) is 3.19. The molecule has 0 aromatic carbocycles. The van der Waals surface area contributed by atoms with Crippen LogP contribution in [0.5, 0.6) is 0 Å². The van der Waals surface area contributed by atoms with E-state index in [-0.39, 0.29) is 11.6 Å². The number of halogens is 1. The first-order valence-electron chi connectivity index (χ1n) is 5.33. The molecule has 0 aliphatic carbocycles. The van der Waals surface area contributed by atoms with Gasteiger partial charge in [0.25, 0.3) is 0 Å². The van der Waals surface area contributed by atoms with Gasteiger partial charge in [-0.3, -0.25) is 4.40 Å². The van der Waals surface area contributed by atoms with Gasteiger partial charge in [-0.1, -0.05) is 25.4 Å². The van der Waals surface area contributed by atoms with Crippen LogP contribution in [0.4, 0.5) is 0 Å². The largest absolute Gasteiger partial charge is 0.477 e. The molecule has 0 aliphatic heterocycles. The molecular weight excluding hydrogens is 240 g/mol. The average molecular weight is 253 g/mol. The molecule has 0 amide bonds. The number of carboxylic acids is 1. The SMILES string of the molecule is Cc1nc(C(C)C)c2cc(Cl)cc(C(=O)O)n12. The van der Waals surface area contributed by atoms with Crippen molar-refractivity contribution in [2.24, 2.45) is 0 Å². The summed E-state index contributed by atoms with van der Waals surface area (Å²) in [5.41, 5.74) is 1.78. The Hall–Kier alpha value is -1.55. The normalized spacial score (nSPS) is 11.4. The highest BCUT2D eigenvalue weighted by Gasteiger charge is 2.17. The molecular formula is C12H13ClN2O2. The lowest BCUT2D eigenvalue weighted by Crippen LogP contribution is -2.06. The van der Waals surface area contributed by atoms with E-state index in [1.165, 1.54) is 6.07 Å². The van der Waals surface area contributed by atoms with Crippen molar-refractivity contribution in [3.63, 3.8) is 0 Å². The summed E-state index contributed by atoms with van der Waals surface area (Å²) in [6.45, 7) is 5.82. The lowest BCUT2D eigenvalue weighted by atomic mass is 10.1. The molecule has 17 heavy (non-hydrogen) atoms. The molecule has 2 rings (SSSR count). The second kappa shape index (κ2) is 4.04. The van der Waals surface area contributed by atoms with Crippen molar-refractivity contribution < 1.29 is 9.90 Å². The number of imidazole rings is 1. The van der Waals surface area contributed by atoms with Crippen LogP contribution in [0.1, 0.15) is 41.8 Å². The van der Waals surface area contributed by atoms with Gasteiger partial charge in [0.1, 0.15) is 11.5 Å². The maximum Gasteiger partial charge on any atom is 0.352 e. The number of carboxylic acid groups (broad SMARTS) is 1. The zero-order chi connectivity index (χ0) is 12.7. The van der Waals surface area contributed by atoms with E-state index in [0.29, 0.717) is 10.8 Å². The Morgan fingerprint density at radius 2 is 2.12 bits per heavy atom. The molecule has 0 radical (unpaired) electrons. The van der Waals surface area contributed by atoms with Crippen molar-refractivity contribution in [2.75, 3.05) is 0 Å². The summed E-state index contributed by atoms with van der Waals surface area (Å²) in [6.07, 6.45) is 0. The second-order valence-electron chi connectivity index (χ2n) is 4.28. The quantitative estimate of drug-likeness (QED) is 0.893. The van der Waals surface area contributed by atoms with Crippen LogP contribution in [0.25, 0.3) is 5.52 Å². The Labute approximate surface area is 104 Å². The van der Waals surface area contributed by atoms with Crippen molar-refractivity contribution >= 4 is 23.1 Å². The Kier molecular flexibility index (Phi) is 2.83. The van der Waals surface area contributed by atoms with Crippen LogP contribution in [0.3, 0.4) is 0 Å². The number of pyridine rings is 1. The molecule has 0 saturated carbocycles. The van der Waals surface area contributed by atoms with Crippen molar-refractivity contribution in [2.45, 2.75) is 26.7 Å². The maximum atomic E-state index is 11.2. The first-order chi connectivity index (χ1) is 7.91. The van der Waals surface area contributed by atoms with Gasteiger partial charge in [-0.15, -0.1) is 0 Å². The Bertz CT molecular complexity index is 602. The average Bonchev–Trinajstić information content (AvgIpc) is 2.54. The molecule has 0 bridgehead atoms. The number of rotatable bonds is 2. The Morgan fingerprint density at radius 3 is 2.65 bits per heavy atom. The molecule has 0 fully saturated rings. The van der Waals surface area contributed by atoms with E-state index in [4.69, 9.17) is 11.6 Å². The molecule has 0 aliphatic rings. The fraction of sp³-hybridized carbons (Fsp3) is 0.333. The highest BCUT2D eigenvalue weighted by Crippen LogP contribution is 2.25. The monoisotopic (exact) mass is 252 g/mol. The van der Waals surface area contributed by atoms with Crippen molar-refractivity contribution in [1.29, 1.82) is 0 Å². The van der Waals surface area contributed by atoms with E-state index >= 15 is 0 Å². The third kappa shape index (κ3) is 1.89. The lowest BCUT2D eigenvalue weighted by Gasteiger charge is -2.05. The van der Waals surface area contributed by atoms with Crippen LogP contribution in [0, 0.1) is 6.92 Å². The maximum absolute atomic E-state index is 11.2. The van der Waals surface area contributed by atoms with Gasteiger partial charge in [-0.2, -0.15) is 0 Å². The van der Waals surface area contributed by atoms with E-state index in [0.717, 1.165) is 11.2 Å². The molecule has 0 atom stereocenters. The molecule has 2 aromatic heterocycles. The van der Waals surface area contributed by atoms with Crippen LogP contribution >= 0.6 is 11.6 Å². The second-order valence-corrected chi connectivity index (χ2v) is 4.72. The number of fused-ring (bicyclic) bond motifs is 1. The van der Waals surface area contributed by atoms with Crippen molar-refractivity contribution in [3.8, 4) is 0 Å². The van der Waals surface area contributed by atoms with Gasteiger partial charge in [0.05, 0.1) is 11.2 Å². The summed E-state index contributed by atoms with van der Waals surface area (Å²) in [5.74, 6) is -0.120. The minimum Gasteiger partial charge on any atom is -0.477 e. The first kappa shape index (κ1) is 11.9. The first-order valence-corrected chi connectivity index (χ1v) is 5.71. The number of nitrogens with zero attached hydrogens (tertiary/aromatic N) is 2. The van der Waals surface area contributed by atoms with Crippen LogP contribution in [-0.4, -0.2) is 20.5 Å². The van der Waals surface area contributed by atoms with Gasteiger partial charge in [0.2, 0.25) is 0 Å². The number of carbonyl (C=O) groups is 1. The molecule has 0 unspecified atom stereocenters. The van der Waals surface area contributed by atoms with E-state index in [1.54, 1.807) is 17.4 Å². The predicted molar refractivity (Wildman–Crippen MR) is 66.0 cm³/mol. The Morgan fingerprint density at radius 1 is 1.47 bits per heavy atom. The third-order valence-corrected chi connectivity index (χ3v) is 2.88. The Balaban J connectivity index is 2.90. The topological polar surface area (TPSA) is 54.6 Å². The van der Waals surface area contributed by atoms with E-state index in [1.807, 2.05) is 13.8 Å². The van der Waals surface area contributed by atoms with Crippen LogP contribution in [0.15, 0.2) is 12.1 Å². The van der Waals surface area contributed by atoms with Gasteiger partial charge in [-0.05, 0) is 25.0 Å². The highest BCUT2D eigenvalue weighted by molar-refractivity contribution is 6.31. The van der Waals surface area contributed by atoms with E-state index < -0.39 is 5.97 Å². The fourth-order valence-electron chi connectivity index (χ4n) is 1.96. The smallest absolute Gasteiger partial charge is 0.352 e. The van der Waals surface area contributed by atoms with E-state index in [9.17, 15) is 9.90 Å². The summed E-state index contributed by atoms with van der Waals surface area (Å²) >= 11 is 5.95. The van der Waals surface area contributed by atoms with Crippen LogP contribution in [-0.2, 0) is 0 Å². The predicted octanol–water partition coefficient (Wildman–Crippen LogP) is 3.12. The summed E-state index contributed by atoms with van der Waals surface area (Å²) in [7, 11) is 0. The van der Waals surface area contributed by atoms with Crippen molar-refractivity contribution in [3.05, 3.63) is 34.4 Å². The van der Waals surface area contributed by atoms with Crippen LogP contribution < -0.4 is 0 Å². The molecule has 2 heterocycles. The van der Waals surface area contributed by atoms with E-state index in [2.05, 4.69) is 4.98 Å². The zero-order valence-corrected chi connectivity index (χ0v) is 10.6. The molecule has 90 valence electrons. The number of hydrogen-bond acceptors (Lipinski definition) is 2. The van der Waals surface area contributed by atoms with Gasteiger partial charge in [0, 0.05) is 5.02 Å². The number of hydrogen-bond donors (Lipinski definition) is 1. The fourth-order valence-corrected chi connectivity index (χ4v) is 2.17. The van der Waals surface area contributed by atoms with Gasteiger partial charge < -0.3 is 5.11 Å². The summed E-state index contributed by atoms with van der Waals surface area (Å²) in [5, 5.41) is 9.59. The summed E-state index contributed by atoms with van der Waals surface area (Å²) < 4.78 is 1.63. The number of aromatic nitrogens is 2. The minimum atomic E-state index is -1.01. The van der Waals surface area contributed by atoms with Gasteiger partial charge in [-0.25, -0.2) is 9.78 Å². The summed E-state index contributed by atoms with van der Waals surface area (Å²) in [4.78, 5) is 15.6. The number of aromatic carboxylic acids is 1. The van der Waals surface area contributed by atoms with Crippen molar-refractivity contribution in [1.82, 2.24) is 9.38 Å². The van der Waals surface area contributed by atoms with Crippen LogP contribution in [0.2, 0.25) is 5.02 Å². The zero-order valence-electron chi connectivity index (χ0n) is 9.86. The molecule has 0 spiro atoms. The highest BCUT2D eigenvalue weighted by atomic mass is 35.5. The van der Waals surface area contributed by atoms with Gasteiger partial charge in [0.15, 0.2) is 0 Å². The number of aryl methyl sites for hydroxylation is 1. The van der Waals surface area contributed by atoms with Gasteiger partial charge >= 0.3 is 5.97 Å².